The summed E-state index contributed by atoms with van der Waals surface area (Å²) in [4.78, 5) is 10.5. The van der Waals surface area contributed by atoms with Crippen LogP contribution < -0.4 is 5.73 Å². The lowest BCUT2D eigenvalue weighted by molar-refractivity contribution is -0.104. The molecule has 1 aliphatic rings. The summed E-state index contributed by atoms with van der Waals surface area (Å²) in [5, 5.41) is 0. The fraction of sp³-hybridized carbons (Fsp3) is 0.500. The van der Waals surface area contributed by atoms with Crippen molar-refractivity contribution in [3.8, 4) is 0 Å². The Balaban J connectivity index is 2.58. The van der Waals surface area contributed by atoms with Crippen LogP contribution in [0.4, 0.5) is 0 Å². The number of allylic oxidation sites excluding steroid dienone is 3. The summed E-state index contributed by atoms with van der Waals surface area (Å²) in [7, 11) is 0. The summed E-state index contributed by atoms with van der Waals surface area (Å²) in [5.74, 6) is 0. The standard InChI is InChI=1S/C10H15NO/c11-10-6-2-1-4-9(8-12)5-3-7-10/h3-5,8,10H,1-2,6-7,11H2/b5-3-,9-4+/t10-/m0/s1. The molecule has 2 N–H and O–H groups in total. The van der Waals surface area contributed by atoms with Gasteiger partial charge in [-0.2, -0.15) is 0 Å². The second-order valence-corrected chi connectivity index (χ2v) is 3.15. The third kappa shape index (κ3) is 3.01. The SMILES string of the molecule is N[C@@H]1C/C=C\C(C=O)=C/CCC1. The monoisotopic (exact) mass is 165 g/mol. The molecule has 0 bridgehead atoms. The minimum atomic E-state index is 0.264. The molecule has 0 radical (unpaired) electrons. The van der Waals surface area contributed by atoms with Crippen molar-refractivity contribution in [2.75, 3.05) is 0 Å². The van der Waals surface area contributed by atoms with E-state index in [1.807, 2.05) is 18.2 Å². The van der Waals surface area contributed by atoms with Gasteiger partial charge in [-0.25, -0.2) is 0 Å². The molecule has 66 valence electrons. The Hall–Kier alpha value is -0.890. The Labute approximate surface area is 73.1 Å². The maximum Gasteiger partial charge on any atom is 0.149 e. The predicted molar refractivity (Wildman–Crippen MR) is 49.7 cm³/mol. The number of rotatable bonds is 1. The second kappa shape index (κ2) is 4.88. The molecule has 1 aliphatic carbocycles. The zero-order chi connectivity index (χ0) is 8.81. The van der Waals surface area contributed by atoms with Crippen LogP contribution in [0.25, 0.3) is 0 Å². The average molecular weight is 165 g/mol. The first-order valence-corrected chi connectivity index (χ1v) is 4.40. The van der Waals surface area contributed by atoms with Gasteiger partial charge < -0.3 is 5.73 Å². The van der Waals surface area contributed by atoms with E-state index in [0.29, 0.717) is 0 Å². The van der Waals surface area contributed by atoms with Crippen LogP contribution in [-0.2, 0) is 4.79 Å². The molecule has 0 saturated carbocycles. The van der Waals surface area contributed by atoms with Gasteiger partial charge in [-0.15, -0.1) is 0 Å². The molecule has 0 unspecified atom stereocenters. The topological polar surface area (TPSA) is 43.1 Å². The summed E-state index contributed by atoms with van der Waals surface area (Å²) in [6, 6.07) is 0.264. The van der Waals surface area contributed by atoms with Crippen molar-refractivity contribution in [3.05, 3.63) is 23.8 Å². The van der Waals surface area contributed by atoms with E-state index >= 15 is 0 Å². The summed E-state index contributed by atoms with van der Waals surface area (Å²) >= 11 is 0. The first-order valence-electron chi connectivity index (χ1n) is 4.40. The van der Waals surface area contributed by atoms with E-state index in [9.17, 15) is 4.79 Å². The van der Waals surface area contributed by atoms with E-state index in [2.05, 4.69) is 0 Å². The number of aldehydes is 1. The van der Waals surface area contributed by atoms with Gasteiger partial charge in [0.1, 0.15) is 6.29 Å². The van der Waals surface area contributed by atoms with Crippen LogP contribution in [0, 0.1) is 0 Å². The number of nitrogens with two attached hydrogens (primary N) is 1. The van der Waals surface area contributed by atoms with E-state index in [-0.39, 0.29) is 6.04 Å². The molecule has 0 saturated heterocycles. The zero-order valence-electron chi connectivity index (χ0n) is 7.20. The van der Waals surface area contributed by atoms with Crippen LogP contribution in [0.3, 0.4) is 0 Å². The highest BCUT2D eigenvalue weighted by atomic mass is 16.1. The third-order valence-electron chi connectivity index (χ3n) is 2.04. The fourth-order valence-corrected chi connectivity index (χ4v) is 1.30. The predicted octanol–water partition coefficient (Wildman–Crippen LogP) is 1.57. The Morgan fingerprint density at radius 2 is 2.42 bits per heavy atom. The summed E-state index contributed by atoms with van der Waals surface area (Å²) < 4.78 is 0. The van der Waals surface area contributed by atoms with Crippen molar-refractivity contribution >= 4 is 6.29 Å². The number of carbonyl (C=O) groups is 1. The van der Waals surface area contributed by atoms with Gasteiger partial charge in [0.2, 0.25) is 0 Å². The van der Waals surface area contributed by atoms with Gasteiger partial charge in [0.05, 0.1) is 0 Å². The van der Waals surface area contributed by atoms with Crippen LogP contribution in [-0.4, -0.2) is 12.3 Å². The molecule has 0 aliphatic heterocycles. The molecular weight excluding hydrogens is 150 g/mol. The Kier molecular flexibility index (Phi) is 3.74. The van der Waals surface area contributed by atoms with Crippen LogP contribution in [0.2, 0.25) is 0 Å². The molecule has 0 heterocycles. The van der Waals surface area contributed by atoms with Crippen LogP contribution >= 0.6 is 0 Å². The second-order valence-electron chi connectivity index (χ2n) is 3.15. The Morgan fingerprint density at radius 3 is 3.17 bits per heavy atom. The van der Waals surface area contributed by atoms with Crippen LogP contribution in [0.15, 0.2) is 23.8 Å². The highest BCUT2D eigenvalue weighted by molar-refractivity contribution is 5.77. The van der Waals surface area contributed by atoms with Crippen molar-refractivity contribution in [2.24, 2.45) is 5.73 Å². The van der Waals surface area contributed by atoms with Gasteiger partial charge in [0.25, 0.3) is 0 Å². The lowest BCUT2D eigenvalue weighted by Crippen LogP contribution is -2.18. The van der Waals surface area contributed by atoms with Gasteiger partial charge in [-0.05, 0) is 25.7 Å². The molecule has 0 amide bonds. The molecule has 2 heteroatoms. The van der Waals surface area contributed by atoms with Crippen LogP contribution in [0.1, 0.15) is 25.7 Å². The number of carbonyl (C=O) groups excluding carboxylic acids is 1. The van der Waals surface area contributed by atoms with Crippen molar-refractivity contribution < 1.29 is 4.79 Å². The Morgan fingerprint density at radius 1 is 1.58 bits per heavy atom. The zero-order valence-corrected chi connectivity index (χ0v) is 7.20. The molecular formula is C10H15NO. The van der Waals surface area contributed by atoms with Gasteiger partial charge in [-0.3, -0.25) is 4.79 Å². The molecule has 1 rings (SSSR count). The number of hydrogen-bond donors (Lipinski definition) is 1. The first kappa shape index (κ1) is 9.20. The minimum absolute atomic E-state index is 0.264. The summed E-state index contributed by atoms with van der Waals surface area (Å²) in [6.45, 7) is 0. The van der Waals surface area contributed by atoms with Gasteiger partial charge in [0, 0.05) is 11.6 Å². The largest absolute Gasteiger partial charge is 0.327 e. The van der Waals surface area contributed by atoms with Gasteiger partial charge >= 0.3 is 0 Å². The molecule has 0 aromatic carbocycles. The molecule has 1 atom stereocenters. The van der Waals surface area contributed by atoms with Crippen molar-refractivity contribution in [2.45, 2.75) is 31.7 Å². The molecule has 0 fully saturated rings. The Bertz CT molecular complexity index is 206. The fourth-order valence-electron chi connectivity index (χ4n) is 1.30. The van der Waals surface area contributed by atoms with E-state index in [1.54, 1.807) is 0 Å². The first-order chi connectivity index (χ1) is 5.83. The summed E-state index contributed by atoms with van der Waals surface area (Å²) in [5.41, 5.74) is 6.58. The average Bonchev–Trinajstić information content (AvgIpc) is 2.17. The van der Waals surface area contributed by atoms with E-state index < -0.39 is 0 Å². The highest BCUT2D eigenvalue weighted by Crippen LogP contribution is 2.09. The molecule has 0 aromatic heterocycles. The lowest BCUT2D eigenvalue weighted by Gasteiger charge is -2.05. The minimum Gasteiger partial charge on any atom is -0.327 e. The maximum atomic E-state index is 10.5. The molecule has 0 spiro atoms. The summed E-state index contributed by atoms with van der Waals surface area (Å²) in [6.07, 6.45) is 10.7. The third-order valence-corrected chi connectivity index (χ3v) is 2.04. The van der Waals surface area contributed by atoms with Crippen molar-refractivity contribution in [3.63, 3.8) is 0 Å². The quantitative estimate of drug-likeness (QED) is 0.599. The van der Waals surface area contributed by atoms with E-state index in [1.165, 1.54) is 0 Å². The molecule has 0 aromatic rings. The van der Waals surface area contributed by atoms with Crippen molar-refractivity contribution in [1.82, 2.24) is 0 Å². The van der Waals surface area contributed by atoms with Crippen LogP contribution in [0.5, 0.6) is 0 Å². The maximum absolute atomic E-state index is 10.5. The normalized spacial score (nSPS) is 32.1. The van der Waals surface area contributed by atoms with Gasteiger partial charge in [-0.1, -0.05) is 18.2 Å². The highest BCUT2D eigenvalue weighted by Gasteiger charge is 2.01. The van der Waals surface area contributed by atoms with Gasteiger partial charge in [0.15, 0.2) is 0 Å². The smallest absolute Gasteiger partial charge is 0.149 e. The van der Waals surface area contributed by atoms with E-state index in [0.717, 1.165) is 37.5 Å². The lowest BCUT2D eigenvalue weighted by atomic mass is 10.1. The van der Waals surface area contributed by atoms with E-state index in [4.69, 9.17) is 5.73 Å². The molecule has 2 nitrogen and oxygen atoms in total. The number of hydrogen-bond acceptors (Lipinski definition) is 2. The molecule has 12 heavy (non-hydrogen) atoms. The van der Waals surface area contributed by atoms with Crippen molar-refractivity contribution in [1.29, 1.82) is 0 Å².